The van der Waals surface area contributed by atoms with Gasteiger partial charge in [0.1, 0.15) is 4.90 Å². The number of nitrogens with two attached hydrogens (primary N) is 1. The number of benzene rings is 1. The third-order valence-electron chi connectivity index (χ3n) is 2.09. The van der Waals surface area contributed by atoms with Crippen LogP contribution in [0.15, 0.2) is 33.2 Å². The van der Waals surface area contributed by atoms with Crippen molar-refractivity contribution in [1.29, 1.82) is 0 Å². The summed E-state index contributed by atoms with van der Waals surface area (Å²) < 4.78 is 39.8. The second-order valence-corrected chi connectivity index (χ2v) is 6.54. The number of anilines is 1. The summed E-state index contributed by atoms with van der Waals surface area (Å²) in [4.78, 5) is -0.462. The van der Waals surface area contributed by atoms with Crippen molar-refractivity contribution in [3.8, 4) is 0 Å². The molecule has 0 aliphatic carbocycles. The Kier molecular flexibility index (Phi) is 4.89. The Bertz CT molecular complexity index is 581. The third kappa shape index (κ3) is 3.79. The molecule has 0 aliphatic heterocycles. The van der Waals surface area contributed by atoms with Crippen molar-refractivity contribution in [3.05, 3.63) is 34.1 Å². The molecule has 0 amide bonds. The molecule has 0 bridgehead atoms. The van der Waals surface area contributed by atoms with E-state index in [1.807, 2.05) is 13.8 Å². The molecule has 18 heavy (non-hydrogen) atoms. The van der Waals surface area contributed by atoms with Gasteiger partial charge in [-0.25, -0.2) is 17.5 Å². The average molecular weight is 337 g/mol. The Morgan fingerprint density at radius 2 is 2.11 bits per heavy atom. The molecule has 0 saturated heterocycles. The van der Waals surface area contributed by atoms with Crippen LogP contribution in [0.5, 0.6) is 0 Å². The predicted octanol–water partition coefficient (Wildman–Crippen LogP) is 2.41. The first kappa shape index (κ1) is 15.1. The van der Waals surface area contributed by atoms with Crippen LogP contribution in [-0.2, 0) is 10.0 Å². The van der Waals surface area contributed by atoms with Crippen LogP contribution in [0.1, 0.15) is 13.8 Å². The van der Waals surface area contributed by atoms with Crippen molar-refractivity contribution in [2.24, 2.45) is 0 Å². The molecule has 3 N–H and O–H groups in total. The molecule has 1 aromatic rings. The summed E-state index contributed by atoms with van der Waals surface area (Å²) in [5.41, 5.74) is 6.64. The van der Waals surface area contributed by atoms with E-state index in [1.54, 1.807) is 6.08 Å². The van der Waals surface area contributed by atoms with Crippen LogP contribution in [0, 0.1) is 5.82 Å². The second-order valence-electron chi connectivity index (χ2n) is 3.95. The van der Waals surface area contributed by atoms with E-state index in [0.717, 1.165) is 11.6 Å². The smallest absolute Gasteiger partial charge is 0.243 e. The maximum Gasteiger partial charge on any atom is 0.243 e. The van der Waals surface area contributed by atoms with Gasteiger partial charge in [-0.1, -0.05) is 11.6 Å². The molecule has 1 rings (SSSR count). The summed E-state index contributed by atoms with van der Waals surface area (Å²) in [6.45, 7) is 3.79. The molecular weight excluding hydrogens is 323 g/mol. The van der Waals surface area contributed by atoms with E-state index in [1.165, 1.54) is 6.07 Å². The third-order valence-corrected chi connectivity index (χ3v) is 4.09. The van der Waals surface area contributed by atoms with Gasteiger partial charge in [-0.05, 0) is 41.9 Å². The van der Waals surface area contributed by atoms with E-state index in [0.29, 0.717) is 0 Å². The van der Waals surface area contributed by atoms with Gasteiger partial charge in [0.15, 0.2) is 5.82 Å². The fourth-order valence-electron chi connectivity index (χ4n) is 1.21. The van der Waals surface area contributed by atoms with Crippen LogP contribution in [0.25, 0.3) is 0 Å². The zero-order chi connectivity index (χ0) is 13.9. The second kappa shape index (κ2) is 5.81. The summed E-state index contributed by atoms with van der Waals surface area (Å²) in [6.07, 6.45) is 1.69. The van der Waals surface area contributed by atoms with Gasteiger partial charge >= 0.3 is 0 Å². The van der Waals surface area contributed by atoms with Gasteiger partial charge < -0.3 is 5.73 Å². The summed E-state index contributed by atoms with van der Waals surface area (Å²) in [7, 11) is -3.91. The molecule has 7 heteroatoms. The van der Waals surface area contributed by atoms with Gasteiger partial charge in [0.05, 0.1) is 4.47 Å². The lowest BCUT2D eigenvalue weighted by Gasteiger charge is -2.08. The molecule has 0 aromatic heterocycles. The molecule has 100 valence electrons. The summed E-state index contributed by atoms with van der Waals surface area (Å²) >= 11 is 2.92. The molecule has 0 atom stereocenters. The Morgan fingerprint density at radius 1 is 1.50 bits per heavy atom. The van der Waals surface area contributed by atoms with Gasteiger partial charge in [-0.15, -0.1) is 0 Å². The minimum Gasteiger partial charge on any atom is -0.399 e. The zero-order valence-corrected chi connectivity index (χ0v) is 12.4. The number of nitrogen functional groups attached to an aromatic ring is 1. The molecule has 0 fully saturated rings. The minimum absolute atomic E-state index is 0.0186. The molecule has 0 saturated carbocycles. The van der Waals surface area contributed by atoms with E-state index in [9.17, 15) is 12.8 Å². The number of sulfonamides is 1. The fraction of sp³-hybridized carbons (Fsp3) is 0.273. The number of hydrogen-bond donors (Lipinski definition) is 2. The van der Waals surface area contributed by atoms with Gasteiger partial charge in [0.25, 0.3) is 0 Å². The molecular formula is C11H14BrFN2O2S. The molecule has 0 heterocycles. The van der Waals surface area contributed by atoms with Crippen LogP contribution >= 0.6 is 15.9 Å². The highest BCUT2D eigenvalue weighted by molar-refractivity contribution is 9.10. The predicted molar refractivity (Wildman–Crippen MR) is 73.1 cm³/mol. The van der Waals surface area contributed by atoms with E-state index < -0.39 is 20.7 Å². The first-order valence-electron chi connectivity index (χ1n) is 5.11. The summed E-state index contributed by atoms with van der Waals surface area (Å²) in [5.74, 6) is -0.853. The normalized spacial score (nSPS) is 11.3. The summed E-state index contributed by atoms with van der Waals surface area (Å²) in [6, 6.07) is 2.40. The van der Waals surface area contributed by atoms with Gasteiger partial charge in [0.2, 0.25) is 10.0 Å². The highest BCUT2D eigenvalue weighted by Crippen LogP contribution is 2.25. The molecule has 0 unspecified atom stereocenters. The Labute approximate surface area is 114 Å². The lowest BCUT2D eigenvalue weighted by Crippen LogP contribution is -2.25. The van der Waals surface area contributed by atoms with E-state index in [-0.39, 0.29) is 16.7 Å². The lowest BCUT2D eigenvalue weighted by molar-refractivity contribution is 0.557. The quantitative estimate of drug-likeness (QED) is 0.655. The van der Waals surface area contributed by atoms with Gasteiger partial charge in [-0.3, -0.25) is 0 Å². The molecule has 1 aromatic carbocycles. The van der Waals surface area contributed by atoms with Crippen molar-refractivity contribution in [3.63, 3.8) is 0 Å². The molecule has 0 aliphatic rings. The maximum absolute atomic E-state index is 13.7. The number of rotatable bonds is 4. The zero-order valence-electron chi connectivity index (χ0n) is 10.00. The minimum atomic E-state index is -3.91. The highest BCUT2D eigenvalue weighted by atomic mass is 79.9. The number of nitrogens with one attached hydrogen (secondary N) is 1. The van der Waals surface area contributed by atoms with Crippen LogP contribution in [0.2, 0.25) is 0 Å². The van der Waals surface area contributed by atoms with Crippen molar-refractivity contribution >= 4 is 31.6 Å². The maximum atomic E-state index is 13.7. The Hall–Kier alpha value is -0.920. The first-order valence-corrected chi connectivity index (χ1v) is 7.39. The first-order chi connectivity index (χ1) is 8.24. The van der Waals surface area contributed by atoms with Crippen LogP contribution < -0.4 is 10.5 Å². The lowest BCUT2D eigenvalue weighted by atomic mass is 10.3. The standard InChI is InChI=1S/C11H14BrFN2O2S/c1-7(2)3-4-15-18(16,17)10-6-8(14)5-9(12)11(10)13/h3,5-6,15H,4,14H2,1-2H3. The van der Waals surface area contributed by atoms with Gasteiger partial charge in [0, 0.05) is 12.2 Å². The van der Waals surface area contributed by atoms with Crippen LogP contribution in [0.4, 0.5) is 10.1 Å². The average Bonchev–Trinajstić information content (AvgIpc) is 2.22. The fourth-order valence-corrected chi connectivity index (χ4v) is 2.92. The molecule has 0 radical (unpaired) electrons. The monoisotopic (exact) mass is 336 g/mol. The largest absolute Gasteiger partial charge is 0.399 e. The Morgan fingerprint density at radius 3 is 2.67 bits per heavy atom. The van der Waals surface area contributed by atoms with Crippen molar-refractivity contribution in [2.45, 2.75) is 18.7 Å². The van der Waals surface area contributed by atoms with Gasteiger partial charge in [-0.2, -0.15) is 0 Å². The molecule has 0 spiro atoms. The van der Waals surface area contributed by atoms with E-state index >= 15 is 0 Å². The highest BCUT2D eigenvalue weighted by Gasteiger charge is 2.20. The summed E-state index contributed by atoms with van der Waals surface area (Å²) in [5, 5.41) is 0. The Balaban J connectivity index is 3.09. The number of allylic oxidation sites excluding steroid dienone is 1. The van der Waals surface area contributed by atoms with Crippen LogP contribution in [-0.4, -0.2) is 15.0 Å². The van der Waals surface area contributed by atoms with Crippen LogP contribution in [0.3, 0.4) is 0 Å². The van der Waals surface area contributed by atoms with E-state index in [2.05, 4.69) is 20.7 Å². The van der Waals surface area contributed by atoms with Crippen molar-refractivity contribution in [1.82, 2.24) is 4.72 Å². The van der Waals surface area contributed by atoms with Crippen molar-refractivity contribution < 1.29 is 12.8 Å². The molecule has 4 nitrogen and oxygen atoms in total. The number of halogens is 2. The SMILES string of the molecule is CC(C)=CCNS(=O)(=O)c1cc(N)cc(Br)c1F. The number of hydrogen-bond acceptors (Lipinski definition) is 3. The topological polar surface area (TPSA) is 72.2 Å². The van der Waals surface area contributed by atoms with Crippen molar-refractivity contribution in [2.75, 3.05) is 12.3 Å². The van der Waals surface area contributed by atoms with E-state index in [4.69, 9.17) is 5.73 Å².